The van der Waals surface area contributed by atoms with Crippen LogP contribution in [0.2, 0.25) is 10.0 Å². The van der Waals surface area contributed by atoms with Crippen LogP contribution < -0.4 is 0 Å². The van der Waals surface area contributed by atoms with Crippen molar-refractivity contribution < 1.29 is 9.90 Å². The van der Waals surface area contributed by atoms with E-state index in [1.807, 2.05) is 19.1 Å². The maximum atomic E-state index is 11.0. The monoisotopic (exact) mass is 280 g/mol. The van der Waals surface area contributed by atoms with E-state index in [1.165, 1.54) is 0 Å². The molecule has 2 aromatic carbocycles. The van der Waals surface area contributed by atoms with Crippen molar-refractivity contribution in [2.24, 2.45) is 0 Å². The van der Waals surface area contributed by atoms with E-state index in [1.54, 1.807) is 24.3 Å². The number of carboxylic acids is 1. The molecule has 0 amide bonds. The van der Waals surface area contributed by atoms with Crippen LogP contribution in [-0.4, -0.2) is 11.1 Å². The van der Waals surface area contributed by atoms with Crippen molar-refractivity contribution in [3.05, 3.63) is 57.6 Å². The van der Waals surface area contributed by atoms with Crippen LogP contribution >= 0.6 is 23.2 Å². The molecule has 4 heteroatoms. The first-order valence-electron chi connectivity index (χ1n) is 5.28. The van der Waals surface area contributed by atoms with Gasteiger partial charge < -0.3 is 5.11 Å². The number of carboxylic acid groups (broad SMARTS) is 1. The van der Waals surface area contributed by atoms with Crippen molar-refractivity contribution in [1.82, 2.24) is 0 Å². The predicted molar refractivity (Wildman–Crippen MR) is 73.6 cm³/mol. The van der Waals surface area contributed by atoms with Crippen molar-refractivity contribution >= 4 is 29.2 Å². The molecule has 0 atom stereocenters. The van der Waals surface area contributed by atoms with E-state index in [0.717, 1.165) is 16.7 Å². The van der Waals surface area contributed by atoms with Crippen molar-refractivity contribution in [3.8, 4) is 11.1 Å². The highest BCUT2D eigenvalue weighted by atomic mass is 35.5. The molecule has 0 unspecified atom stereocenters. The first kappa shape index (κ1) is 12.9. The predicted octanol–water partition coefficient (Wildman–Crippen LogP) is 4.67. The Balaban J connectivity index is 2.57. The molecule has 1 N–H and O–H groups in total. The summed E-state index contributed by atoms with van der Waals surface area (Å²) in [7, 11) is 0. The van der Waals surface area contributed by atoms with Crippen molar-refractivity contribution in [1.29, 1.82) is 0 Å². The van der Waals surface area contributed by atoms with Gasteiger partial charge in [-0.3, -0.25) is 0 Å². The minimum Gasteiger partial charge on any atom is -0.478 e. The van der Waals surface area contributed by atoms with E-state index in [9.17, 15) is 4.79 Å². The third-order valence-electron chi connectivity index (χ3n) is 2.57. The zero-order valence-corrected chi connectivity index (χ0v) is 11.1. The summed E-state index contributed by atoms with van der Waals surface area (Å²) in [6, 6.07) is 10.5. The largest absolute Gasteiger partial charge is 0.478 e. The third kappa shape index (κ3) is 2.66. The molecule has 2 nitrogen and oxygen atoms in total. The Morgan fingerprint density at radius 2 is 1.78 bits per heavy atom. The van der Waals surface area contributed by atoms with Gasteiger partial charge in [-0.15, -0.1) is 0 Å². The van der Waals surface area contributed by atoms with Gasteiger partial charge in [-0.25, -0.2) is 4.79 Å². The lowest BCUT2D eigenvalue weighted by Gasteiger charge is -2.06. The fraction of sp³-hybridized carbons (Fsp3) is 0.0714. The van der Waals surface area contributed by atoms with Crippen molar-refractivity contribution in [2.75, 3.05) is 0 Å². The number of halogens is 2. The van der Waals surface area contributed by atoms with Gasteiger partial charge in [-0.05, 0) is 47.9 Å². The topological polar surface area (TPSA) is 37.3 Å². The second-order valence-corrected chi connectivity index (χ2v) is 4.86. The molecule has 2 rings (SSSR count). The summed E-state index contributed by atoms with van der Waals surface area (Å²) in [5.41, 5.74) is 2.76. The number of hydrogen-bond acceptors (Lipinski definition) is 1. The Morgan fingerprint density at radius 3 is 2.39 bits per heavy atom. The van der Waals surface area contributed by atoms with Crippen molar-refractivity contribution in [2.45, 2.75) is 6.92 Å². The summed E-state index contributed by atoms with van der Waals surface area (Å²) in [6.45, 7) is 1.93. The lowest BCUT2D eigenvalue weighted by Crippen LogP contribution is -1.97. The molecule has 0 heterocycles. The van der Waals surface area contributed by atoms with Gasteiger partial charge in [0.25, 0.3) is 0 Å². The first-order chi connectivity index (χ1) is 8.47. The van der Waals surface area contributed by atoms with Gasteiger partial charge in [0.1, 0.15) is 0 Å². The Morgan fingerprint density at radius 1 is 1.06 bits per heavy atom. The molecule has 0 bridgehead atoms. The molecule has 0 spiro atoms. The minimum atomic E-state index is -1.04. The molecule has 0 aromatic heterocycles. The van der Waals surface area contributed by atoms with E-state index >= 15 is 0 Å². The highest BCUT2D eigenvalue weighted by Crippen LogP contribution is 2.28. The van der Waals surface area contributed by atoms with Crippen LogP contribution in [0.25, 0.3) is 11.1 Å². The molecule has 0 radical (unpaired) electrons. The molecule has 0 fully saturated rings. The maximum absolute atomic E-state index is 11.0. The van der Waals surface area contributed by atoms with E-state index in [4.69, 9.17) is 28.3 Å². The Hall–Kier alpha value is -1.51. The van der Waals surface area contributed by atoms with Gasteiger partial charge in [0, 0.05) is 5.02 Å². The molecule has 2 aromatic rings. The lowest BCUT2D eigenvalue weighted by molar-refractivity contribution is 0.0697. The molecule has 0 aliphatic carbocycles. The quantitative estimate of drug-likeness (QED) is 0.868. The molecule has 0 aliphatic rings. The average Bonchev–Trinajstić information content (AvgIpc) is 2.27. The molecule has 0 saturated carbocycles. The van der Waals surface area contributed by atoms with E-state index in [2.05, 4.69) is 0 Å². The van der Waals surface area contributed by atoms with E-state index in [0.29, 0.717) is 5.02 Å². The Kier molecular flexibility index (Phi) is 3.60. The van der Waals surface area contributed by atoms with Gasteiger partial charge in [-0.1, -0.05) is 35.3 Å². The van der Waals surface area contributed by atoms with Crippen LogP contribution in [-0.2, 0) is 0 Å². The van der Waals surface area contributed by atoms with Gasteiger partial charge >= 0.3 is 5.97 Å². The van der Waals surface area contributed by atoms with Crippen LogP contribution in [0.5, 0.6) is 0 Å². The average molecular weight is 281 g/mol. The smallest absolute Gasteiger partial charge is 0.337 e. The standard InChI is InChI=1S/C14H10Cl2O2/c1-8-4-10(6-11(15)5-8)9-2-3-13(16)12(7-9)14(17)18/h2-7H,1H3,(H,17,18). The summed E-state index contributed by atoms with van der Waals surface area (Å²) in [4.78, 5) is 11.0. The molecular formula is C14H10Cl2O2. The summed E-state index contributed by atoms with van der Waals surface area (Å²) in [5.74, 6) is -1.04. The molecule has 92 valence electrons. The second kappa shape index (κ2) is 5.01. The third-order valence-corrected chi connectivity index (χ3v) is 3.12. The first-order valence-corrected chi connectivity index (χ1v) is 6.03. The van der Waals surface area contributed by atoms with Gasteiger partial charge in [0.05, 0.1) is 10.6 Å². The minimum absolute atomic E-state index is 0.0896. The number of aromatic carboxylic acids is 1. The summed E-state index contributed by atoms with van der Waals surface area (Å²) in [5, 5.41) is 9.88. The van der Waals surface area contributed by atoms with Crippen LogP contribution in [0.15, 0.2) is 36.4 Å². The number of carbonyl (C=O) groups is 1. The molecule has 0 aliphatic heterocycles. The normalized spacial score (nSPS) is 10.4. The Bertz CT molecular complexity index is 601. The van der Waals surface area contributed by atoms with Gasteiger partial charge in [-0.2, -0.15) is 0 Å². The maximum Gasteiger partial charge on any atom is 0.337 e. The van der Waals surface area contributed by atoms with Gasteiger partial charge in [0.15, 0.2) is 0 Å². The van der Waals surface area contributed by atoms with Gasteiger partial charge in [0.2, 0.25) is 0 Å². The summed E-state index contributed by atoms with van der Waals surface area (Å²) < 4.78 is 0. The number of hydrogen-bond donors (Lipinski definition) is 1. The van der Waals surface area contributed by atoms with Crippen LogP contribution in [0.4, 0.5) is 0 Å². The van der Waals surface area contributed by atoms with Crippen LogP contribution in [0.3, 0.4) is 0 Å². The lowest BCUT2D eigenvalue weighted by atomic mass is 10.0. The highest BCUT2D eigenvalue weighted by molar-refractivity contribution is 6.33. The molecule has 0 saturated heterocycles. The van der Waals surface area contributed by atoms with E-state index < -0.39 is 5.97 Å². The van der Waals surface area contributed by atoms with E-state index in [-0.39, 0.29) is 10.6 Å². The van der Waals surface area contributed by atoms with Crippen LogP contribution in [0, 0.1) is 6.92 Å². The van der Waals surface area contributed by atoms with Crippen LogP contribution in [0.1, 0.15) is 15.9 Å². The fourth-order valence-electron chi connectivity index (χ4n) is 1.77. The Labute approximate surface area is 115 Å². The molecule has 18 heavy (non-hydrogen) atoms. The SMILES string of the molecule is Cc1cc(Cl)cc(-c2ccc(Cl)c(C(=O)O)c2)c1. The number of aryl methyl sites for hydroxylation is 1. The number of benzene rings is 2. The number of rotatable bonds is 2. The fourth-order valence-corrected chi connectivity index (χ4v) is 2.26. The zero-order chi connectivity index (χ0) is 13.3. The summed E-state index contributed by atoms with van der Waals surface area (Å²) >= 11 is 11.8. The zero-order valence-electron chi connectivity index (χ0n) is 9.58. The van der Waals surface area contributed by atoms with Crippen molar-refractivity contribution in [3.63, 3.8) is 0 Å². The second-order valence-electron chi connectivity index (χ2n) is 4.02. The highest BCUT2D eigenvalue weighted by Gasteiger charge is 2.10. The molecular weight excluding hydrogens is 271 g/mol. The summed E-state index contributed by atoms with van der Waals surface area (Å²) in [6.07, 6.45) is 0.